The van der Waals surface area contributed by atoms with Crippen LogP contribution in [0.2, 0.25) is 0 Å². The summed E-state index contributed by atoms with van der Waals surface area (Å²) in [6.45, 7) is 5.94. The summed E-state index contributed by atoms with van der Waals surface area (Å²) in [5.74, 6) is -0.184. The Morgan fingerprint density at radius 3 is 2.53 bits per heavy atom. The largest absolute Gasteiger partial charge is 0.490 e. The number of anilines is 1. The first-order valence-electron chi connectivity index (χ1n) is 11.8. The van der Waals surface area contributed by atoms with Gasteiger partial charge in [-0.3, -0.25) is 14.5 Å². The predicted octanol–water partition coefficient (Wildman–Crippen LogP) is 6.53. The maximum atomic E-state index is 13.7. The van der Waals surface area contributed by atoms with Crippen LogP contribution < -0.4 is 19.8 Å². The maximum absolute atomic E-state index is 13.7. The first-order chi connectivity index (χ1) is 18.2. The smallest absolute Gasteiger partial charge is 0.416 e. The maximum Gasteiger partial charge on any atom is 0.416 e. The van der Waals surface area contributed by atoms with Gasteiger partial charge in [0.05, 0.1) is 29.2 Å². The number of ether oxygens (including phenoxy) is 2. The van der Waals surface area contributed by atoms with E-state index < -0.39 is 29.1 Å². The summed E-state index contributed by atoms with van der Waals surface area (Å²) < 4.78 is 58.0. The Hall–Kier alpha value is -4.53. The molecule has 0 spiro atoms. The molecule has 1 amide bonds. The molecule has 0 N–H and O–H groups in total. The van der Waals surface area contributed by atoms with Crippen LogP contribution in [-0.2, 0) is 6.18 Å². The van der Waals surface area contributed by atoms with Crippen LogP contribution in [0.3, 0.4) is 0 Å². The number of rotatable bonds is 7. The van der Waals surface area contributed by atoms with E-state index in [9.17, 15) is 22.8 Å². The lowest BCUT2D eigenvalue weighted by molar-refractivity contribution is -0.137. The van der Waals surface area contributed by atoms with E-state index in [1.165, 1.54) is 12.1 Å². The summed E-state index contributed by atoms with van der Waals surface area (Å²) >= 11 is 0. The molecule has 1 unspecified atom stereocenters. The molecule has 3 aromatic carbocycles. The minimum Gasteiger partial charge on any atom is -0.490 e. The second kappa shape index (κ2) is 9.74. The zero-order chi connectivity index (χ0) is 27.0. The molecule has 0 saturated heterocycles. The summed E-state index contributed by atoms with van der Waals surface area (Å²) in [6, 6.07) is 14.7. The fourth-order valence-corrected chi connectivity index (χ4v) is 4.56. The average molecular weight is 521 g/mol. The van der Waals surface area contributed by atoms with Gasteiger partial charge in [0, 0.05) is 5.69 Å². The van der Waals surface area contributed by atoms with E-state index in [0.717, 1.165) is 17.0 Å². The molecule has 1 atom stereocenters. The molecular formula is C29H22F3NO5. The van der Waals surface area contributed by atoms with Gasteiger partial charge in [-0.1, -0.05) is 36.9 Å². The highest BCUT2D eigenvalue weighted by Gasteiger charge is 2.44. The molecule has 0 saturated carbocycles. The molecule has 0 aliphatic carbocycles. The number of amides is 1. The Morgan fingerprint density at radius 1 is 1.00 bits per heavy atom. The van der Waals surface area contributed by atoms with Crippen molar-refractivity contribution in [3.05, 3.63) is 112 Å². The van der Waals surface area contributed by atoms with Crippen LogP contribution in [0.5, 0.6) is 11.5 Å². The Kier molecular flexibility index (Phi) is 6.44. The third-order valence-electron chi connectivity index (χ3n) is 6.17. The van der Waals surface area contributed by atoms with Gasteiger partial charge in [0.1, 0.15) is 12.2 Å². The van der Waals surface area contributed by atoms with E-state index in [0.29, 0.717) is 23.7 Å². The zero-order valence-corrected chi connectivity index (χ0v) is 20.2. The van der Waals surface area contributed by atoms with Gasteiger partial charge >= 0.3 is 6.18 Å². The molecule has 6 nitrogen and oxygen atoms in total. The van der Waals surface area contributed by atoms with Gasteiger partial charge in [-0.2, -0.15) is 13.2 Å². The van der Waals surface area contributed by atoms with E-state index >= 15 is 0 Å². The summed E-state index contributed by atoms with van der Waals surface area (Å²) in [7, 11) is 0. The van der Waals surface area contributed by atoms with Crippen molar-refractivity contribution in [3.8, 4) is 11.5 Å². The molecule has 0 bridgehead atoms. The highest BCUT2D eigenvalue weighted by molar-refractivity contribution is 6.10. The summed E-state index contributed by atoms with van der Waals surface area (Å²) in [5, 5.41) is 0.255. The molecule has 1 aliphatic heterocycles. The fourth-order valence-electron chi connectivity index (χ4n) is 4.56. The molecule has 0 radical (unpaired) electrons. The highest BCUT2D eigenvalue weighted by atomic mass is 19.4. The van der Waals surface area contributed by atoms with Crippen molar-refractivity contribution in [2.75, 3.05) is 18.1 Å². The third-order valence-corrected chi connectivity index (χ3v) is 6.17. The average Bonchev–Trinajstić information content (AvgIpc) is 3.20. The molecule has 194 valence electrons. The number of alkyl halides is 3. The molecule has 9 heteroatoms. The minimum atomic E-state index is -4.63. The Labute approximate surface area is 215 Å². The second-order valence-electron chi connectivity index (χ2n) is 8.53. The molecular weight excluding hydrogens is 499 g/mol. The molecule has 0 fully saturated rings. The number of hydrogen-bond donors (Lipinski definition) is 0. The van der Waals surface area contributed by atoms with E-state index in [1.54, 1.807) is 55.5 Å². The number of carbonyl (C=O) groups is 1. The molecule has 4 aromatic rings. The molecule has 38 heavy (non-hydrogen) atoms. The van der Waals surface area contributed by atoms with Gasteiger partial charge in [0.25, 0.3) is 5.91 Å². The number of carbonyl (C=O) groups excluding carboxylic acids is 1. The Balaban J connectivity index is 1.75. The first kappa shape index (κ1) is 25.1. The van der Waals surface area contributed by atoms with Crippen molar-refractivity contribution in [3.63, 3.8) is 0 Å². The van der Waals surface area contributed by atoms with E-state index in [2.05, 4.69) is 6.58 Å². The van der Waals surface area contributed by atoms with Gasteiger partial charge in [0.15, 0.2) is 16.9 Å². The van der Waals surface area contributed by atoms with Gasteiger partial charge in [-0.15, -0.1) is 0 Å². The molecule has 5 rings (SSSR count). The van der Waals surface area contributed by atoms with E-state index in [4.69, 9.17) is 13.9 Å². The van der Waals surface area contributed by atoms with Crippen molar-refractivity contribution in [1.29, 1.82) is 0 Å². The molecule has 1 aromatic heterocycles. The summed E-state index contributed by atoms with van der Waals surface area (Å²) in [4.78, 5) is 28.5. The van der Waals surface area contributed by atoms with E-state index in [1.807, 2.05) is 0 Å². The molecule has 1 aliphatic rings. The van der Waals surface area contributed by atoms with Crippen molar-refractivity contribution in [2.24, 2.45) is 0 Å². The number of hydrogen-bond acceptors (Lipinski definition) is 5. The second-order valence-corrected chi connectivity index (χ2v) is 8.53. The van der Waals surface area contributed by atoms with Crippen LogP contribution in [0.15, 0.2) is 88.6 Å². The zero-order valence-electron chi connectivity index (χ0n) is 20.2. The monoisotopic (exact) mass is 521 g/mol. The lowest BCUT2D eigenvalue weighted by atomic mass is 9.97. The van der Waals surface area contributed by atoms with E-state index in [-0.39, 0.29) is 34.6 Å². The minimum absolute atomic E-state index is 0.0328. The number of benzene rings is 3. The number of nitrogens with zero attached hydrogens (tertiary/aromatic N) is 1. The lowest BCUT2D eigenvalue weighted by Crippen LogP contribution is -2.29. The first-order valence-corrected chi connectivity index (χ1v) is 11.8. The van der Waals surface area contributed by atoms with Crippen molar-refractivity contribution in [1.82, 2.24) is 0 Å². The van der Waals surface area contributed by atoms with Crippen LogP contribution >= 0.6 is 0 Å². The van der Waals surface area contributed by atoms with Crippen LogP contribution in [-0.4, -0.2) is 19.1 Å². The summed E-state index contributed by atoms with van der Waals surface area (Å²) in [6.07, 6.45) is -3.06. The van der Waals surface area contributed by atoms with Crippen molar-refractivity contribution in [2.45, 2.75) is 19.1 Å². The predicted molar refractivity (Wildman–Crippen MR) is 136 cm³/mol. The standard InChI is InChI=1S/C29H22F3NO5/c1-3-14-37-22-13-12-17(15-23(22)36-4-2)25-24-26(34)20-10-5-6-11-21(20)38-27(24)28(35)33(25)19-9-7-8-18(16-19)29(30,31)32/h3,5-13,15-16,25H,1,4,14H2,2H3. The molecule has 2 heterocycles. The van der Waals surface area contributed by atoms with Gasteiger partial charge in [-0.05, 0) is 55.0 Å². The third kappa shape index (κ3) is 4.30. The quantitative estimate of drug-likeness (QED) is 0.259. The van der Waals surface area contributed by atoms with Gasteiger partial charge in [-0.25, -0.2) is 0 Å². The topological polar surface area (TPSA) is 69.0 Å². The van der Waals surface area contributed by atoms with Crippen molar-refractivity contribution >= 4 is 22.6 Å². The van der Waals surface area contributed by atoms with Crippen LogP contribution in [0, 0.1) is 0 Å². The number of halogens is 3. The highest BCUT2D eigenvalue weighted by Crippen LogP contribution is 2.44. The van der Waals surface area contributed by atoms with Crippen LogP contribution in [0.4, 0.5) is 18.9 Å². The number of para-hydroxylation sites is 1. The Morgan fingerprint density at radius 2 is 1.79 bits per heavy atom. The summed E-state index contributed by atoms with van der Waals surface area (Å²) in [5.41, 5.74) is -0.725. The Bertz CT molecular complexity index is 1610. The van der Waals surface area contributed by atoms with Gasteiger partial charge < -0.3 is 13.9 Å². The van der Waals surface area contributed by atoms with Gasteiger partial charge in [0.2, 0.25) is 5.76 Å². The fraction of sp³-hybridized carbons (Fsp3) is 0.172. The van der Waals surface area contributed by atoms with Crippen LogP contribution in [0.1, 0.15) is 40.2 Å². The number of fused-ring (bicyclic) bond motifs is 2. The van der Waals surface area contributed by atoms with Crippen LogP contribution in [0.25, 0.3) is 11.0 Å². The SMILES string of the molecule is C=CCOc1ccc(C2c3c(oc4ccccc4c3=O)C(=O)N2c2cccc(C(F)(F)F)c2)cc1OCC. The normalized spacial score (nSPS) is 15.0. The lowest BCUT2D eigenvalue weighted by Gasteiger charge is -2.26. The van der Waals surface area contributed by atoms with Crippen molar-refractivity contribution < 1.29 is 31.9 Å².